The normalized spacial score (nSPS) is 12.1. The van der Waals surface area contributed by atoms with Gasteiger partial charge in [-0.25, -0.2) is 0 Å². The van der Waals surface area contributed by atoms with Crippen LogP contribution in [0.3, 0.4) is 0 Å². The number of fused-ring (bicyclic) bond motifs is 2. The third kappa shape index (κ3) is 4.84. The summed E-state index contributed by atoms with van der Waals surface area (Å²) in [6, 6.07) is 18.6. The molecule has 5 N–H and O–H groups in total. The smallest absolute Gasteiger partial charge is 0.256 e. The van der Waals surface area contributed by atoms with Crippen molar-refractivity contribution in [1.82, 2.24) is 5.32 Å². The average Bonchev–Trinajstić information content (AvgIpc) is 2.93. The van der Waals surface area contributed by atoms with Crippen LogP contribution in [-0.4, -0.2) is 33.6 Å². The Bertz CT molecular complexity index is 1240. The molecular weight excluding hydrogens is 444 g/mol. The first-order chi connectivity index (χ1) is 15.4. The van der Waals surface area contributed by atoms with Gasteiger partial charge in [0, 0.05) is 20.9 Å². The van der Waals surface area contributed by atoms with Crippen LogP contribution < -0.4 is 10.6 Å². The third-order valence-corrected chi connectivity index (χ3v) is 6.59. The molecule has 7 nitrogen and oxygen atoms in total. The maximum atomic E-state index is 12.6. The van der Waals surface area contributed by atoms with E-state index >= 15 is 0 Å². The molecule has 0 radical (unpaired) electrons. The van der Waals surface area contributed by atoms with Crippen LogP contribution in [0, 0.1) is 10.8 Å². The van der Waals surface area contributed by atoms with Gasteiger partial charge in [-0.15, -0.1) is 0 Å². The summed E-state index contributed by atoms with van der Waals surface area (Å²) < 4.78 is 0. The van der Waals surface area contributed by atoms with Gasteiger partial charge in [-0.2, -0.15) is 0 Å². The van der Waals surface area contributed by atoms with E-state index in [1.807, 2.05) is 18.2 Å². The fraction of sp³-hybridized carbons (Fsp3) is 0.0435. The number of nitrogens with one attached hydrogen (secondary N) is 4. The van der Waals surface area contributed by atoms with Crippen molar-refractivity contribution in [3.63, 3.8) is 0 Å². The van der Waals surface area contributed by atoms with E-state index in [1.54, 1.807) is 36.4 Å². The fourth-order valence-electron chi connectivity index (χ4n) is 3.00. The highest BCUT2D eigenvalue weighted by Crippen LogP contribution is 2.39. The molecule has 3 aromatic rings. The molecule has 1 aliphatic heterocycles. The Morgan fingerprint density at radius 3 is 2.50 bits per heavy atom. The number of amides is 2. The first kappa shape index (κ1) is 21.7. The molecule has 0 aromatic heterocycles. The molecule has 1 heterocycles. The van der Waals surface area contributed by atoms with E-state index in [-0.39, 0.29) is 34.2 Å². The van der Waals surface area contributed by atoms with Crippen molar-refractivity contribution in [1.29, 1.82) is 10.8 Å². The predicted molar refractivity (Wildman–Crippen MR) is 128 cm³/mol. The topological polar surface area (TPSA) is 126 Å². The first-order valence-corrected chi connectivity index (χ1v) is 11.2. The van der Waals surface area contributed by atoms with Crippen molar-refractivity contribution in [2.75, 3.05) is 11.9 Å². The van der Waals surface area contributed by atoms with Gasteiger partial charge in [0.15, 0.2) is 0 Å². The van der Waals surface area contributed by atoms with E-state index in [9.17, 15) is 14.7 Å². The molecule has 32 heavy (non-hydrogen) atoms. The fourth-order valence-corrected chi connectivity index (χ4v) is 4.66. The second-order valence-electron chi connectivity index (χ2n) is 6.85. The zero-order valence-electron chi connectivity index (χ0n) is 16.6. The van der Waals surface area contributed by atoms with Crippen LogP contribution in [0.15, 0.2) is 76.5 Å². The van der Waals surface area contributed by atoms with Gasteiger partial charge in [0.2, 0.25) is 0 Å². The van der Waals surface area contributed by atoms with Gasteiger partial charge >= 0.3 is 0 Å². The van der Waals surface area contributed by atoms with Crippen molar-refractivity contribution in [2.24, 2.45) is 0 Å². The second-order valence-corrected chi connectivity index (χ2v) is 9.04. The van der Waals surface area contributed by atoms with Crippen molar-refractivity contribution in [2.45, 2.75) is 9.79 Å². The lowest BCUT2D eigenvalue weighted by Crippen LogP contribution is -2.28. The van der Waals surface area contributed by atoms with E-state index in [0.29, 0.717) is 22.4 Å². The molecule has 0 saturated carbocycles. The number of aromatic hydroxyl groups is 1. The van der Waals surface area contributed by atoms with Crippen molar-refractivity contribution < 1.29 is 14.7 Å². The minimum Gasteiger partial charge on any atom is -0.508 e. The Kier molecular flexibility index (Phi) is 6.29. The predicted octanol–water partition coefficient (Wildman–Crippen LogP) is 4.57. The average molecular weight is 463 g/mol. The molecule has 0 fully saturated rings. The quantitative estimate of drug-likeness (QED) is 0.287. The summed E-state index contributed by atoms with van der Waals surface area (Å²) in [5.41, 5.74) is 2.08. The second kappa shape index (κ2) is 9.29. The van der Waals surface area contributed by atoms with E-state index in [0.717, 1.165) is 21.6 Å². The number of anilines is 1. The summed E-state index contributed by atoms with van der Waals surface area (Å²) in [5.74, 6) is -0.501. The highest BCUT2D eigenvalue weighted by molar-refractivity contribution is 8.26. The van der Waals surface area contributed by atoms with Gasteiger partial charge in [-0.1, -0.05) is 35.7 Å². The lowest BCUT2D eigenvalue weighted by molar-refractivity contribution is 0.0957. The highest BCUT2D eigenvalue weighted by Gasteiger charge is 2.20. The summed E-state index contributed by atoms with van der Waals surface area (Å²) in [6.45, 7) is -0.0341. The molecule has 0 aliphatic carbocycles. The highest BCUT2D eigenvalue weighted by atomic mass is 32.2. The maximum absolute atomic E-state index is 12.6. The Hall–Kier alpha value is -3.56. The number of hydrogen-bond donors (Lipinski definition) is 5. The van der Waals surface area contributed by atoms with Crippen LogP contribution in [-0.2, 0) is 0 Å². The summed E-state index contributed by atoms with van der Waals surface area (Å²) in [6.07, 6.45) is 0. The Morgan fingerprint density at radius 1 is 1.00 bits per heavy atom. The molecule has 0 bridgehead atoms. The molecule has 0 atom stereocenters. The summed E-state index contributed by atoms with van der Waals surface area (Å²) >= 11 is 2.38. The third-order valence-electron chi connectivity index (χ3n) is 4.61. The Labute approximate surface area is 192 Å². The number of benzene rings is 3. The summed E-state index contributed by atoms with van der Waals surface area (Å²) in [5, 5.41) is 31.2. The standard InChI is InChI=1S/C23H18N4O3S2/c24-20(32-21(25)13-5-8-15(28)9-6-13)12-26-22(29)14-7-10-19-17(11-14)27-23(30)16-3-1-2-4-18(16)31-19/h1-11,24-25,28H,12H2,(H,26,29)(H,27,30). The van der Waals surface area contributed by atoms with Gasteiger partial charge in [0.05, 0.1) is 22.8 Å². The van der Waals surface area contributed by atoms with Crippen molar-refractivity contribution >= 4 is 51.1 Å². The van der Waals surface area contributed by atoms with E-state index in [4.69, 9.17) is 10.8 Å². The van der Waals surface area contributed by atoms with Gasteiger partial charge < -0.3 is 15.7 Å². The van der Waals surface area contributed by atoms with Gasteiger partial charge in [0.1, 0.15) is 10.8 Å². The van der Waals surface area contributed by atoms with Crippen LogP contribution >= 0.6 is 23.5 Å². The molecule has 2 amide bonds. The molecule has 160 valence electrons. The molecule has 0 spiro atoms. The monoisotopic (exact) mass is 462 g/mol. The number of phenols is 1. The van der Waals surface area contributed by atoms with Crippen LogP contribution in [0.25, 0.3) is 0 Å². The molecule has 3 aromatic carbocycles. The SMILES string of the molecule is N=C(CNC(=O)c1ccc2c(c1)NC(=O)c1ccccc1S2)SC(=N)c1ccc(O)cc1. The number of rotatable bonds is 4. The summed E-state index contributed by atoms with van der Waals surface area (Å²) in [7, 11) is 0. The lowest BCUT2D eigenvalue weighted by Gasteiger charge is -2.10. The van der Waals surface area contributed by atoms with Gasteiger partial charge in [-0.05, 0) is 54.6 Å². The molecule has 4 rings (SSSR count). The largest absolute Gasteiger partial charge is 0.508 e. The van der Waals surface area contributed by atoms with Crippen LogP contribution in [0.2, 0.25) is 0 Å². The number of thioether (sulfide) groups is 1. The molecular formula is C23H18N4O3S2. The van der Waals surface area contributed by atoms with Gasteiger partial charge in [-0.3, -0.25) is 20.4 Å². The van der Waals surface area contributed by atoms with E-state index < -0.39 is 0 Å². The van der Waals surface area contributed by atoms with Crippen molar-refractivity contribution in [3.05, 3.63) is 83.4 Å². The van der Waals surface area contributed by atoms with Crippen LogP contribution in [0.1, 0.15) is 26.3 Å². The Morgan fingerprint density at radius 2 is 1.72 bits per heavy atom. The number of hydrogen-bond acceptors (Lipinski definition) is 7. The zero-order valence-corrected chi connectivity index (χ0v) is 18.3. The van der Waals surface area contributed by atoms with Crippen LogP contribution in [0.4, 0.5) is 5.69 Å². The molecule has 9 heteroatoms. The van der Waals surface area contributed by atoms with Crippen LogP contribution in [0.5, 0.6) is 5.75 Å². The molecule has 0 saturated heterocycles. The number of carbonyl (C=O) groups excluding carboxylic acids is 2. The van der Waals surface area contributed by atoms with E-state index in [2.05, 4.69) is 10.6 Å². The minimum atomic E-state index is -0.379. The van der Waals surface area contributed by atoms with E-state index in [1.165, 1.54) is 23.9 Å². The van der Waals surface area contributed by atoms with Gasteiger partial charge in [0.25, 0.3) is 11.8 Å². The number of phenolic OH excluding ortho intramolecular Hbond substituents is 1. The maximum Gasteiger partial charge on any atom is 0.256 e. The molecule has 1 aliphatic rings. The Balaban J connectivity index is 1.39. The zero-order chi connectivity index (χ0) is 22.7. The first-order valence-electron chi connectivity index (χ1n) is 9.54. The minimum absolute atomic E-state index is 0.0341. The lowest BCUT2D eigenvalue weighted by atomic mass is 10.1. The summed E-state index contributed by atoms with van der Waals surface area (Å²) in [4.78, 5) is 26.8. The van der Waals surface area contributed by atoms with Crippen molar-refractivity contribution in [3.8, 4) is 5.75 Å². The molecule has 0 unspecified atom stereocenters. The number of carbonyl (C=O) groups is 2.